The maximum atomic E-state index is 9.43. The number of rotatable bonds is 7. The lowest BCUT2D eigenvalue weighted by molar-refractivity contribution is 0.131. The highest BCUT2D eigenvalue weighted by atomic mass is 31.1. The molecular formula is C11H27N2OP. The highest BCUT2D eigenvalue weighted by molar-refractivity contribution is 7.59. The molecule has 4 heteroatoms. The Hall–Kier alpha value is 0.310. The van der Waals surface area contributed by atoms with Crippen LogP contribution in [0.4, 0.5) is 0 Å². The van der Waals surface area contributed by atoms with Crippen molar-refractivity contribution in [3.05, 3.63) is 0 Å². The van der Waals surface area contributed by atoms with Gasteiger partial charge < -0.3 is 10.8 Å². The van der Waals surface area contributed by atoms with Crippen molar-refractivity contribution in [3.63, 3.8) is 0 Å². The lowest BCUT2D eigenvalue weighted by Crippen LogP contribution is -2.36. The summed E-state index contributed by atoms with van der Waals surface area (Å²) >= 11 is 0. The maximum absolute atomic E-state index is 9.43. The summed E-state index contributed by atoms with van der Waals surface area (Å²) in [5.74, 6) is 0. The van der Waals surface area contributed by atoms with Crippen LogP contribution >= 0.6 is 7.92 Å². The van der Waals surface area contributed by atoms with Crippen LogP contribution in [0, 0.1) is 0 Å². The minimum atomic E-state index is -0.462. The molecule has 0 saturated carbocycles. The zero-order valence-electron chi connectivity index (χ0n) is 10.7. The number of aliphatic hydroxyl groups excluding tert-OH is 1. The summed E-state index contributed by atoms with van der Waals surface area (Å²) in [5, 5.41) is 12.2. The Kier molecular flexibility index (Phi) is 7.72. The Morgan fingerprint density at radius 3 is 2.00 bits per heavy atom. The topological polar surface area (TPSA) is 58.3 Å². The van der Waals surface area contributed by atoms with Crippen molar-refractivity contribution >= 4 is 7.92 Å². The van der Waals surface area contributed by atoms with Crippen molar-refractivity contribution in [2.75, 3.05) is 13.2 Å². The predicted octanol–water partition coefficient (Wildman–Crippen LogP) is 1.54. The SMILES string of the molecule is CNC(O)CC(N)CP(C(C)C)C(C)C. The van der Waals surface area contributed by atoms with Crippen LogP contribution in [0.15, 0.2) is 0 Å². The molecule has 0 aromatic carbocycles. The van der Waals surface area contributed by atoms with Crippen LogP contribution < -0.4 is 11.1 Å². The monoisotopic (exact) mass is 234 g/mol. The fourth-order valence-corrected chi connectivity index (χ4v) is 4.49. The van der Waals surface area contributed by atoms with Crippen LogP contribution in [0.3, 0.4) is 0 Å². The van der Waals surface area contributed by atoms with Crippen molar-refractivity contribution in [1.82, 2.24) is 5.32 Å². The smallest absolute Gasteiger partial charge is 0.106 e. The Morgan fingerprint density at radius 2 is 1.67 bits per heavy atom. The fourth-order valence-electron chi connectivity index (χ4n) is 1.77. The second-order valence-corrected chi connectivity index (χ2v) is 8.14. The lowest BCUT2D eigenvalue weighted by Gasteiger charge is -2.29. The normalized spacial score (nSPS) is 16.4. The molecule has 3 nitrogen and oxygen atoms in total. The van der Waals surface area contributed by atoms with E-state index in [-0.39, 0.29) is 14.0 Å². The van der Waals surface area contributed by atoms with Gasteiger partial charge in [0.15, 0.2) is 0 Å². The van der Waals surface area contributed by atoms with Gasteiger partial charge in [-0.05, 0) is 24.5 Å². The van der Waals surface area contributed by atoms with Gasteiger partial charge in [0, 0.05) is 12.5 Å². The molecule has 0 heterocycles. The van der Waals surface area contributed by atoms with E-state index in [1.54, 1.807) is 7.05 Å². The van der Waals surface area contributed by atoms with E-state index in [9.17, 15) is 5.11 Å². The molecule has 0 aliphatic carbocycles. The quantitative estimate of drug-likeness (QED) is 0.462. The molecule has 0 saturated heterocycles. The van der Waals surface area contributed by atoms with Crippen molar-refractivity contribution in [2.24, 2.45) is 5.73 Å². The first-order valence-electron chi connectivity index (χ1n) is 5.75. The van der Waals surface area contributed by atoms with Gasteiger partial charge in [0.05, 0.1) is 0 Å². The molecule has 92 valence electrons. The number of aliphatic hydroxyl groups is 1. The van der Waals surface area contributed by atoms with Crippen LogP contribution in [0.25, 0.3) is 0 Å². The van der Waals surface area contributed by atoms with Crippen molar-refractivity contribution in [3.8, 4) is 0 Å². The first-order chi connectivity index (χ1) is 6.88. The van der Waals surface area contributed by atoms with Crippen LogP contribution in [0.2, 0.25) is 0 Å². The molecule has 0 aromatic heterocycles. The molecule has 0 bridgehead atoms. The highest BCUT2D eigenvalue weighted by Crippen LogP contribution is 2.46. The lowest BCUT2D eigenvalue weighted by atomic mass is 10.2. The maximum Gasteiger partial charge on any atom is 0.106 e. The second kappa shape index (κ2) is 7.56. The molecule has 2 unspecified atom stereocenters. The van der Waals surface area contributed by atoms with Crippen molar-refractivity contribution < 1.29 is 5.11 Å². The number of hydrogen-bond acceptors (Lipinski definition) is 3. The molecule has 0 amide bonds. The van der Waals surface area contributed by atoms with Gasteiger partial charge in [-0.15, -0.1) is 0 Å². The first-order valence-corrected chi connectivity index (χ1v) is 7.41. The molecule has 0 radical (unpaired) electrons. The molecule has 0 rings (SSSR count). The summed E-state index contributed by atoms with van der Waals surface area (Å²) in [7, 11) is 1.74. The van der Waals surface area contributed by atoms with Crippen molar-refractivity contribution in [2.45, 2.75) is 57.7 Å². The molecule has 2 atom stereocenters. The van der Waals surface area contributed by atoms with Gasteiger partial charge in [0.25, 0.3) is 0 Å². The van der Waals surface area contributed by atoms with Gasteiger partial charge in [-0.25, -0.2) is 0 Å². The zero-order valence-corrected chi connectivity index (χ0v) is 11.6. The van der Waals surface area contributed by atoms with E-state index in [1.165, 1.54) is 0 Å². The third kappa shape index (κ3) is 6.47. The average molecular weight is 234 g/mol. The van der Waals surface area contributed by atoms with Crippen molar-refractivity contribution in [1.29, 1.82) is 0 Å². The van der Waals surface area contributed by atoms with E-state index in [0.717, 1.165) is 17.5 Å². The molecule has 0 aliphatic rings. The molecule has 4 N–H and O–H groups in total. The first kappa shape index (κ1) is 15.3. The van der Waals surface area contributed by atoms with Gasteiger partial charge in [0.1, 0.15) is 6.23 Å². The van der Waals surface area contributed by atoms with E-state index in [0.29, 0.717) is 6.42 Å². The third-order valence-corrected chi connectivity index (χ3v) is 6.17. The van der Waals surface area contributed by atoms with Gasteiger partial charge in [-0.3, -0.25) is 5.32 Å². The third-order valence-electron chi connectivity index (χ3n) is 2.63. The van der Waals surface area contributed by atoms with Crippen LogP contribution in [0.1, 0.15) is 34.1 Å². The molecule has 0 aliphatic heterocycles. The zero-order chi connectivity index (χ0) is 12.0. The standard InChI is InChI=1S/C11H27N2OP/c1-8(2)15(9(3)4)7-10(12)6-11(14)13-5/h8-11,13-14H,6-7,12H2,1-5H3. The summed E-state index contributed by atoms with van der Waals surface area (Å²) < 4.78 is 0. The highest BCUT2D eigenvalue weighted by Gasteiger charge is 2.20. The van der Waals surface area contributed by atoms with E-state index in [1.807, 2.05) is 0 Å². The minimum Gasteiger partial charge on any atom is -0.379 e. The number of nitrogens with one attached hydrogen (secondary N) is 1. The Morgan fingerprint density at radius 1 is 1.20 bits per heavy atom. The number of hydrogen-bond donors (Lipinski definition) is 3. The summed E-state index contributed by atoms with van der Waals surface area (Å²) in [6, 6.07) is 0.114. The van der Waals surface area contributed by atoms with Gasteiger partial charge in [-0.1, -0.05) is 35.6 Å². The van der Waals surface area contributed by atoms with E-state index in [4.69, 9.17) is 5.73 Å². The molecule has 0 spiro atoms. The molecule has 15 heavy (non-hydrogen) atoms. The largest absolute Gasteiger partial charge is 0.379 e. The summed E-state index contributed by atoms with van der Waals surface area (Å²) in [6.45, 7) is 9.08. The van der Waals surface area contributed by atoms with Gasteiger partial charge >= 0.3 is 0 Å². The number of nitrogens with two attached hydrogens (primary N) is 1. The molecule has 0 aromatic rings. The predicted molar refractivity (Wildman–Crippen MR) is 69.7 cm³/mol. The molecule has 0 fully saturated rings. The second-order valence-electron chi connectivity index (χ2n) is 4.68. The Balaban J connectivity index is 4.05. The summed E-state index contributed by atoms with van der Waals surface area (Å²) in [5.41, 5.74) is 7.48. The fraction of sp³-hybridized carbons (Fsp3) is 1.00. The van der Waals surface area contributed by atoms with E-state index in [2.05, 4.69) is 33.0 Å². The van der Waals surface area contributed by atoms with E-state index >= 15 is 0 Å². The van der Waals surface area contributed by atoms with Crippen LogP contribution in [-0.2, 0) is 0 Å². The van der Waals surface area contributed by atoms with Crippen LogP contribution in [0.5, 0.6) is 0 Å². The average Bonchev–Trinajstić information content (AvgIpc) is 2.12. The molecular weight excluding hydrogens is 207 g/mol. The summed E-state index contributed by atoms with van der Waals surface area (Å²) in [6.07, 6.45) is 1.24. The van der Waals surface area contributed by atoms with E-state index < -0.39 is 6.23 Å². The van der Waals surface area contributed by atoms with Gasteiger partial charge in [0.2, 0.25) is 0 Å². The summed E-state index contributed by atoms with van der Waals surface area (Å²) in [4.78, 5) is 0. The van der Waals surface area contributed by atoms with Gasteiger partial charge in [-0.2, -0.15) is 0 Å². The minimum absolute atomic E-state index is 0.0176. The Bertz CT molecular complexity index is 157. The van der Waals surface area contributed by atoms with Crippen LogP contribution in [-0.4, -0.2) is 41.9 Å². The Labute approximate surface area is 95.6 Å².